The van der Waals surface area contributed by atoms with Gasteiger partial charge in [-0.3, -0.25) is 9.69 Å². The molecule has 1 atom stereocenters. The summed E-state index contributed by atoms with van der Waals surface area (Å²) >= 11 is 0. The quantitative estimate of drug-likeness (QED) is 0.361. The molecule has 1 unspecified atom stereocenters. The number of ether oxygens (including phenoxy) is 2. The minimum atomic E-state index is -0.508. The van der Waals surface area contributed by atoms with Crippen molar-refractivity contribution in [2.45, 2.75) is 45.6 Å². The van der Waals surface area contributed by atoms with Crippen molar-refractivity contribution in [3.8, 4) is 0 Å². The van der Waals surface area contributed by atoms with Gasteiger partial charge in [0.05, 0.1) is 0 Å². The predicted octanol–water partition coefficient (Wildman–Crippen LogP) is 1.91. The standard InChI is InChI=1S/C12H21NO3/c1-4-7-8-10-9-11(14)13(10)12(15-5-2)16-6-3/h4,10,12H,1,5-9H2,2-3H3. The number of hydrogen-bond donors (Lipinski definition) is 0. The van der Waals surface area contributed by atoms with Crippen LogP contribution in [0.3, 0.4) is 0 Å². The molecule has 0 N–H and O–H groups in total. The summed E-state index contributed by atoms with van der Waals surface area (Å²) in [5.74, 6) is 0.112. The molecule has 92 valence electrons. The van der Waals surface area contributed by atoms with Crippen LogP contribution < -0.4 is 0 Å². The summed E-state index contributed by atoms with van der Waals surface area (Å²) in [6, 6.07) is 0.244. The van der Waals surface area contributed by atoms with Crippen molar-refractivity contribution in [2.24, 2.45) is 0 Å². The first kappa shape index (κ1) is 13.2. The van der Waals surface area contributed by atoms with E-state index in [-0.39, 0.29) is 11.9 Å². The van der Waals surface area contributed by atoms with Gasteiger partial charge in [-0.05, 0) is 26.7 Å². The van der Waals surface area contributed by atoms with E-state index in [1.54, 1.807) is 4.90 Å². The number of β-lactam (4-membered cyclic amide) rings is 1. The molecule has 0 aromatic heterocycles. The molecule has 1 saturated heterocycles. The van der Waals surface area contributed by atoms with Crippen LogP contribution in [-0.2, 0) is 14.3 Å². The average molecular weight is 227 g/mol. The maximum Gasteiger partial charge on any atom is 0.242 e. The molecule has 0 saturated carbocycles. The molecular formula is C12H21NO3. The lowest BCUT2D eigenvalue weighted by Gasteiger charge is -2.44. The maximum atomic E-state index is 11.5. The summed E-state index contributed by atoms with van der Waals surface area (Å²) in [6.45, 7) is 8.57. The van der Waals surface area contributed by atoms with Crippen LogP contribution in [0.2, 0.25) is 0 Å². The van der Waals surface area contributed by atoms with Gasteiger partial charge in [-0.15, -0.1) is 6.58 Å². The Morgan fingerprint density at radius 1 is 1.50 bits per heavy atom. The zero-order chi connectivity index (χ0) is 12.0. The van der Waals surface area contributed by atoms with Crippen molar-refractivity contribution in [1.82, 2.24) is 4.90 Å². The first-order chi connectivity index (χ1) is 7.74. The van der Waals surface area contributed by atoms with Crippen molar-refractivity contribution in [3.63, 3.8) is 0 Å². The Hall–Kier alpha value is -0.870. The number of allylic oxidation sites excluding steroid dienone is 1. The predicted molar refractivity (Wildman–Crippen MR) is 61.7 cm³/mol. The molecule has 0 aromatic carbocycles. The van der Waals surface area contributed by atoms with Crippen LogP contribution in [0.4, 0.5) is 0 Å². The largest absolute Gasteiger partial charge is 0.335 e. The molecule has 0 aromatic rings. The fraction of sp³-hybridized carbons (Fsp3) is 0.750. The lowest BCUT2D eigenvalue weighted by atomic mass is 9.97. The van der Waals surface area contributed by atoms with E-state index in [4.69, 9.17) is 9.47 Å². The molecule has 1 aliphatic rings. The van der Waals surface area contributed by atoms with Crippen LogP contribution >= 0.6 is 0 Å². The highest BCUT2D eigenvalue weighted by atomic mass is 16.7. The van der Waals surface area contributed by atoms with E-state index in [9.17, 15) is 4.79 Å². The van der Waals surface area contributed by atoms with E-state index < -0.39 is 6.41 Å². The number of likely N-dealkylation sites (tertiary alicyclic amines) is 1. The summed E-state index contributed by atoms with van der Waals surface area (Å²) in [5.41, 5.74) is 0. The van der Waals surface area contributed by atoms with Crippen molar-refractivity contribution in [1.29, 1.82) is 0 Å². The Morgan fingerprint density at radius 3 is 2.56 bits per heavy atom. The van der Waals surface area contributed by atoms with Crippen LogP contribution in [0.15, 0.2) is 12.7 Å². The van der Waals surface area contributed by atoms with Gasteiger partial charge in [0.25, 0.3) is 0 Å². The Balaban J connectivity index is 2.51. The third-order valence-electron chi connectivity index (χ3n) is 2.64. The van der Waals surface area contributed by atoms with Gasteiger partial charge in [0.2, 0.25) is 12.3 Å². The van der Waals surface area contributed by atoms with Gasteiger partial charge in [-0.1, -0.05) is 6.08 Å². The number of carbonyl (C=O) groups excluding carboxylic acids is 1. The molecule has 1 amide bonds. The van der Waals surface area contributed by atoms with Gasteiger partial charge in [-0.25, -0.2) is 0 Å². The fourth-order valence-electron chi connectivity index (χ4n) is 1.83. The summed E-state index contributed by atoms with van der Waals surface area (Å²) in [7, 11) is 0. The van der Waals surface area contributed by atoms with E-state index >= 15 is 0 Å². The van der Waals surface area contributed by atoms with Crippen molar-refractivity contribution < 1.29 is 14.3 Å². The minimum Gasteiger partial charge on any atom is -0.335 e. The second-order valence-electron chi connectivity index (χ2n) is 3.74. The topological polar surface area (TPSA) is 38.8 Å². The van der Waals surface area contributed by atoms with E-state index in [2.05, 4.69) is 6.58 Å². The highest BCUT2D eigenvalue weighted by Crippen LogP contribution is 2.27. The molecule has 4 nitrogen and oxygen atoms in total. The van der Waals surface area contributed by atoms with Gasteiger partial charge >= 0.3 is 0 Å². The first-order valence-corrected chi connectivity index (χ1v) is 5.89. The van der Waals surface area contributed by atoms with E-state index in [1.165, 1.54) is 0 Å². The molecule has 0 bridgehead atoms. The summed E-state index contributed by atoms with van der Waals surface area (Å²) in [6.07, 6.45) is 3.82. The van der Waals surface area contributed by atoms with Crippen LogP contribution in [0.5, 0.6) is 0 Å². The Kier molecular flexibility index (Phi) is 5.49. The van der Waals surface area contributed by atoms with Crippen LogP contribution in [0, 0.1) is 0 Å². The Bertz CT molecular complexity index is 236. The van der Waals surface area contributed by atoms with Crippen molar-refractivity contribution >= 4 is 5.91 Å². The van der Waals surface area contributed by atoms with Gasteiger partial charge in [0, 0.05) is 25.7 Å². The van der Waals surface area contributed by atoms with Crippen molar-refractivity contribution in [2.75, 3.05) is 13.2 Å². The van der Waals surface area contributed by atoms with E-state index in [0.717, 1.165) is 12.8 Å². The molecule has 1 heterocycles. The van der Waals surface area contributed by atoms with Crippen LogP contribution in [0.25, 0.3) is 0 Å². The molecule has 0 aliphatic carbocycles. The zero-order valence-corrected chi connectivity index (χ0v) is 10.1. The van der Waals surface area contributed by atoms with Gasteiger partial charge < -0.3 is 9.47 Å². The molecule has 0 radical (unpaired) electrons. The highest BCUT2D eigenvalue weighted by Gasteiger charge is 2.41. The van der Waals surface area contributed by atoms with Gasteiger partial charge in [0.15, 0.2) is 0 Å². The summed E-state index contributed by atoms with van der Waals surface area (Å²) in [5, 5.41) is 0. The molecule has 1 rings (SSSR count). The normalized spacial score (nSPS) is 20.1. The first-order valence-electron chi connectivity index (χ1n) is 5.89. The second-order valence-corrected chi connectivity index (χ2v) is 3.74. The zero-order valence-electron chi connectivity index (χ0n) is 10.1. The van der Waals surface area contributed by atoms with Crippen molar-refractivity contribution in [3.05, 3.63) is 12.7 Å². The smallest absolute Gasteiger partial charge is 0.242 e. The third-order valence-corrected chi connectivity index (χ3v) is 2.64. The van der Waals surface area contributed by atoms with Gasteiger partial charge in [0.1, 0.15) is 0 Å². The number of amides is 1. The van der Waals surface area contributed by atoms with E-state index in [1.807, 2.05) is 19.9 Å². The Labute approximate surface area is 97.2 Å². The lowest BCUT2D eigenvalue weighted by Crippen LogP contribution is -2.59. The molecule has 1 fully saturated rings. The SMILES string of the molecule is C=CCCC1CC(=O)N1C(OCC)OCC. The molecule has 16 heavy (non-hydrogen) atoms. The average Bonchev–Trinajstić information content (AvgIpc) is 2.24. The lowest BCUT2D eigenvalue weighted by molar-refractivity contribution is -0.245. The number of hydrogen-bond acceptors (Lipinski definition) is 3. The fourth-order valence-corrected chi connectivity index (χ4v) is 1.83. The number of carbonyl (C=O) groups is 1. The number of nitrogens with zero attached hydrogens (tertiary/aromatic N) is 1. The summed E-state index contributed by atoms with van der Waals surface area (Å²) < 4.78 is 10.8. The van der Waals surface area contributed by atoms with Crippen LogP contribution in [0.1, 0.15) is 33.1 Å². The second kappa shape index (κ2) is 6.66. The molecule has 0 spiro atoms. The minimum absolute atomic E-state index is 0.112. The maximum absolute atomic E-state index is 11.5. The monoisotopic (exact) mass is 227 g/mol. The molecular weight excluding hydrogens is 206 g/mol. The molecule has 1 aliphatic heterocycles. The van der Waals surface area contributed by atoms with Gasteiger partial charge in [-0.2, -0.15) is 0 Å². The Morgan fingerprint density at radius 2 is 2.12 bits per heavy atom. The third kappa shape index (κ3) is 3.06. The van der Waals surface area contributed by atoms with Crippen LogP contribution in [-0.4, -0.2) is 36.5 Å². The summed E-state index contributed by atoms with van der Waals surface area (Å²) in [4.78, 5) is 13.2. The number of rotatable bonds is 8. The molecule has 4 heteroatoms. The van der Waals surface area contributed by atoms with E-state index in [0.29, 0.717) is 19.6 Å². The highest BCUT2D eigenvalue weighted by molar-refractivity contribution is 5.83.